The van der Waals surface area contributed by atoms with Crippen LogP contribution in [0.3, 0.4) is 0 Å². The Morgan fingerprint density at radius 3 is 2.67 bits per heavy atom. The summed E-state index contributed by atoms with van der Waals surface area (Å²) in [5.41, 5.74) is 0. The Morgan fingerprint density at radius 2 is 2.13 bits per heavy atom. The first-order chi connectivity index (χ1) is 7.11. The van der Waals surface area contributed by atoms with Crippen LogP contribution in [-0.2, 0) is 6.54 Å². The van der Waals surface area contributed by atoms with Gasteiger partial charge < -0.3 is 5.32 Å². The van der Waals surface area contributed by atoms with E-state index in [4.69, 9.17) is 11.6 Å². The van der Waals surface area contributed by atoms with Gasteiger partial charge in [-0.15, -0.1) is 11.3 Å². The summed E-state index contributed by atoms with van der Waals surface area (Å²) >= 11 is 7.53. The van der Waals surface area contributed by atoms with Crippen molar-refractivity contribution in [2.75, 3.05) is 0 Å². The molecule has 0 bridgehead atoms. The molecule has 3 heteroatoms. The molecule has 15 heavy (non-hydrogen) atoms. The molecule has 0 spiro atoms. The first kappa shape index (κ1) is 13.0. The summed E-state index contributed by atoms with van der Waals surface area (Å²) in [6, 6.07) is 4.64. The maximum atomic E-state index is 5.87. The van der Waals surface area contributed by atoms with Crippen molar-refractivity contribution in [2.45, 2.75) is 46.2 Å². The summed E-state index contributed by atoms with van der Waals surface area (Å²) in [5.74, 6) is 0.805. The SMILES string of the molecule is CCC(C)CC(C)NCc1ccc(Cl)s1. The lowest BCUT2D eigenvalue weighted by atomic mass is 10.0. The van der Waals surface area contributed by atoms with E-state index in [1.54, 1.807) is 11.3 Å². The van der Waals surface area contributed by atoms with E-state index in [1.807, 2.05) is 6.07 Å². The van der Waals surface area contributed by atoms with Crippen LogP contribution in [0.4, 0.5) is 0 Å². The van der Waals surface area contributed by atoms with Crippen molar-refractivity contribution in [2.24, 2.45) is 5.92 Å². The molecule has 0 fully saturated rings. The highest BCUT2D eigenvalue weighted by Crippen LogP contribution is 2.21. The van der Waals surface area contributed by atoms with Crippen molar-refractivity contribution in [1.82, 2.24) is 5.32 Å². The molecule has 1 N–H and O–H groups in total. The van der Waals surface area contributed by atoms with Crippen LogP contribution < -0.4 is 5.32 Å². The van der Waals surface area contributed by atoms with Crippen LogP contribution in [0.5, 0.6) is 0 Å². The number of thiophene rings is 1. The standard InChI is InChI=1S/C12H20ClNS/c1-4-9(2)7-10(3)14-8-11-5-6-12(13)15-11/h5-6,9-10,14H,4,7-8H2,1-3H3. The van der Waals surface area contributed by atoms with E-state index in [2.05, 4.69) is 32.2 Å². The molecule has 1 aromatic rings. The average Bonchev–Trinajstić information content (AvgIpc) is 2.61. The smallest absolute Gasteiger partial charge is 0.0931 e. The normalized spacial score (nSPS) is 15.2. The quantitative estimate of drug-likeness (QED) is 0.787. The minimum Gasteiger partial charge on any atom is -0.309 e. The summed E-state index contributed by atoms with van der Waals surface area (Å²) in [6.45, 7) is 7.74. The fourth-order valence-electron chi connectivity index (χ4n) is 1.58. The van der Waals surface area contributed by atoms with E-state index >= 15 is 0 Å². The molecule has 86 valence electrons. The molecule has 1 rings (SSSR count). The summed E-state index contributed by atoms with van der Waals surface area (Å²) < 4.78 is 0.876. The molecule has 0 amide bonds. The molecule has 0 aliphatic rings. The van der Waals surface area contributed by atoms with Gasteiger partial charge in [0.2, 0.25) is 0 Å². The zero-order chi connectivity index (χ0) is 11.3. The predicted molar refractivity (Wildman–Crippen MR) is 69.7 cm³/mol. The van der Waals surface area contributed by atoms with Crippen molar-refractivity contribution >= 4 is 22.9 Å². The predicted octanol–water partition coefficient (Wildman–Crippen LogP) is 4.32. The molecule has 0 saturated carbocycles. The van der Waals surface area contributed by atoms with Gasteiger partial charge >= 0.3 is 0 Å². The van der Waals surface area contributed by atoms with E-state index < -0.39 is 0 Å². The first-order valence-corrected chi connectivity index (χ1v) is 6.78. The third kappa shape index (κ3) is 5.01. The van der Waals surface area contributed by atoms with Gasteiger partial charge in [-0.1, -0.05) is 31.9 Å². The molecule has 0 saturated heterocycles. The van der Waals surface area contributed by atoms with Crippen molar-refractivity contribution in [3.8, 4) is 0 Å². The molecular weight excluding hydrogens is 226 g/mol. The van der Waals surface area contributed by atoms with Crippen molar-refractivity contribution in [1.29, 1.82) is 0 Å². The maximum absolute atomic E-state index is 5.87. The third-order valence-electron chi connectivity index (χ3n) is 2.71. The van der Waals surface area contributed by atoms with Crippen LogP contribution in [-0.4, -0.2) is 6.04 Å². The molecule has 1 heterocycles. The maximum Gasteiger partial charge on any atom is 0.0931 e. The van der Waals surface area contributed by atoms with Crippen LogP contribution in [0.2, 0.25) is 4.34 Å². The Hall–Kier alpha value is -0.0500. The largest absolute Gasteiger partial charge is 0.309 e. The van der Waals surface area contributed by atoms with Crippen LogP contribution in [0.25, 0.3) is 0 Å². The number of halogens is 1. The molecule has 1 nitrogen and oxygen atoms in total. The Bertz CT molecular complexity index is 285. The van der Waals surface area contributed by atoms with E-state index in [-0.39, 0.29) is 0 Å². The molecule has 0 aromatic carbocycles. The van der Waals surface area contributed by atoms with Crippen LogP contribution in [0.15, 0.2) is 12.1 Å². The zero-order valence-electron chi connectivity index (χ0n) is 9.72. The second-order valence-electron chi connectivity index (χ2n) is 4.24. The minimum atomic E-state index is 0.584. The Kier molecular flexibility index (Phi) is 5.65. The lowest BCUT2D eigenvalue weighted by Crippen LogP contribution is -2.26. The zero-order valence-corrected chi connectivity index (χ0v) is 11.3. The molecule has 0 aliphatic carbocycles. The topological polar surface area (TPSA) is 12.0 Å². The fraction of sp³-hybridized carbons (Fsp3) is 0.667. The highest BCUT2D eigenvalue weighted by Gasteiger charge is 2.07. The highest BCUT2D eigenvalue weighted by molar-refractivity contribution is 7.16. The van der Waals surface area contributed by atoms with Gasteiger partial charge in [-0.05, 0) is 31.4 Å². The van der Waals surface area contributed by atoms with Gasteiger partial charge in [-0.3, -0.25) is 0 Å². The number of hydrogen-bond donors (Lipinski definition) is 1. The van der Waals surface area contributed by atoms with Gasteiger partial charge in [0.05, 0.1) is 4.34 Å². The summed E-state index contributed by atoms with van der Waals surface area (Å²) in [5, 5.41) is 3.53. The van der Waals surface area contributed by atoms with Crippen LogP contribution >= 0.6 is 22.9 Å². The lowest BCUT2D eigenvalue weighted by Gasteiger charge is -2.16. The Balaban J connectivity index is 2.25. The van der Waals surface area contributed by atoms with Crippen molar-refractivity contribution in [3.05, 3.63) is 21.3 Å². The van der Waals surface area contributed by atoms with E-state index in [0.29, 0.717) is 6.04 Å². The van der Waals surface area contributed by atoms with Crippen LogP contribution in [0.1, 0.15) is 38.5 Å². The average molecular weight is 246 g/mol. The second kappa shape index (κ2) is 6.51. The summed E-state index contributed by atoms with van der Waals surface area (Å²) in [6.07, 6.45) is 2.51. The Morgan fingerprint density at radius 1 is 1.40 bits per heavy atom. The van der Waals surface area contributed by atoms with Gasteiger partial charge in [0, 0.05) is 17.5 Å². The molecular formula is C12H20ClNS. The van der Waals surface area contributed by atoms with Crippen LogP contribution in [0, 0.1) is 5.92 Å². The molecule has 0 radical (unpaired) electrons. The monoisotopic (exact) mass is 245 g/mol. The first-order valence-electron chi connectivity index (χ1n) is 5.59. The van der Waals surface area contributed by atoms with Gasteiger partial charge in [0.15, 0.2) is 0 Å². The van der Waals surface area contributed by atoms with Gasteiger partial charge in [-0.25, -0.2) is 0 Å². The fourth-order valence-corrected chi connectivity index (χ4v) is 2.61. The molecule has 2 atom stereocenters. The van der Waals surface area contributed by atoms with Gasteiger partial charge in [0.1, 0.15) is 0 Å². The Labute approximate surface area is 102 Å². The minimum absolute atomic E-state index is 0.584. The highest BCUT2D eigenvalue weighted by atomic mass is 35.5. The summed E-state index contributed by atoms with van der Waals surface area (Å²) in [4.78, 5) is 1.32. The molecule has 0 aliphatic heterocycles. The molecule has 1 aromatic heterocycles. The number of nitrogens with one attached hydrogen (secondary N) is 1. The van der Waals surface area contributed by atoms with Gasteiger partial charge in [0.25, 0.3) is 0 Å². The lowest BCUT2D eigenvalue weighted by molar-refractivity contribution is 0.413. The van der Waals surface area contributed by atoms with Gasteiger partial charge in [-0.2, -0.15) is 0 Å². The van der Waals surface area contributed by atoms with Crippen molar-refractivity contribution in [3.63, 3.8) is 0 Å². The number of hydrogen-bond acceptors (Lipinski definition) is 2. The molecule has 2 unspecified atom stereocenters. The summed E-state index contributed by atoms with van der Waals surface area (Å²) in [7, 11) is 0. The van der Waals surface area contributed by atoms with E-state index in [9.17, 15) is 0 Å². The second-order valence-corrected chi connectivity index (χ2v) is 6.04. The van der Waals surface area contributed by atoms with E-state index in [1.165, 1.54) is 17.7 Å². The third-order valence-corrected chi connectivity index (χ3v) is 3.94. The number of rotatable bonds is 6. The van der Waals surface area contributed by atoms with E-state index in [0.717, 1.165) is 16.8 Å². The van der Waals surface area contributed by atoms with Crippen molar-refractivity contribution < 1.29 is 0 Å².